The van der Waals surface area contributed by atoms with Crippen LogP contribution in [0.3, 0.4) is 0 Å². The first-order valence-electron chi connectivity index (χ1n) is 8.53. The third-order valence-corrected chi connectivity index (χ3v) is 3.39. The average Bonchev–Trinajstić information content (AvgIpc) is 2.54. The summed E-state index contributed by atoms with van der Waals surface area (Å²) >= 11 is 0. The Labute approximate surface area is 152 Å². The lowest BCUT2D eigenvalue weighted by Crippen LogP contribution is -2.29. The van der Waals surface area contributed by atoms with Crippen molar-refractivity contribution >= 4 is 35.1 Å². The molecule has 0 saturated carbocycles. The van der Waals surface area contributed by atoms with Gasteiger partial charge in [0.05, 0.1) is 25.7 Å². The Balaban J connectivity index is 4.45. The summed E-state index contributed by atoms with van der Waals surface area (Å²) in [5.74, 6) is -3.17. The third-order valence-electron chi connectivity index (χ3n) is 3.39. The standard InChI is InChI=1S/C18H26O8/c1-5-15(13(21)9-11(3)19)25-17(23)7-8-18(24)26-16(6-2)14(22)10-12(4)20/h15-16H,5-10H2,1-4H3. The van der Waals surface area contributed by atoms with Crippen LogP contribution < -0.4 is 0 Å². The van der Waals surface area contributed by atoms with Crippen LogP contribution in [0.25, 0.3) is 0 Å². The molecule has 146 valence electrons. The Hall–Kier alpha value is -2.38. The number of carbonyl (C=O) groups is 6. The summed E-state index contributed by atoms with van der Waals surface area (Å²) in [5, 5.41) is 0. The molecule has 0 amide bonds. The zero-order chi connectivity index (χ0) is 20.3. The molecule has 0 aliphatic carbocycles. The van der Waals surface area contributed by atoms with Crippen molar-refractivity contribution in [1.29, 1.82) is 0 Å². The third kappa shape index (κ3) is 9.80. The molecule has 0 aromatic rings. The predicted molar refractivity (Wildman–Crippen MR) is 90.2 cm³/mol. The summed E-state index contributed by atoms with van der Waals surface area (Å²) in [6, 6.07) is 0. The maximum atomic E-state index is 11.8. The Kier molecular flexibility index (Phi) is 10.9. The largest absolute Gasteiger partial charge is 0.454 e. The van der Waals surface area contributed by atoms with E-state index in [0.717, 1.165) is 0 Å². The Morgan fingerprint density at radius 1 is 0.654 bits per heavy atom. The lowest BCUT2D eigenvalue weighted by atomic mass is 10.1. The fourth-order valence-electron chi connectivity index (χ4n) is 2.11. The summed E-state index contributed by atoms with van der Waals surface area (Å²) in [6.07, 6.45) is -2.88. The van der Waals surface area contributed by atoms with Crippen LogP contribution in [0.1, 0.15) is 66.2 Å². The predicted octanol–water partition coefficient (Wildman–Crippen LogP) is 1.51. The van der Waals surface area contributed by atoms with E-state index in [4.69, 9.17) is 9.47 Å². The fourth-order valence-corrected chi connectivity index (χ4v) is 2.11. The SMILES string of the molecule is CCC(OC(=O)CCC(=O)OC(CC)C(=O)CC(C)=O)C(=O)CC(C)=O. The second-order valence-electron chi connectivity index (χ2n) is 5.96. The van der Waals surface area contributed by atoms with Gasteiger partial charge in [0.1, 0.15) is 11.6 Å². The minimum atomic E-state index is -1.03. The second-order valence-corrected chi connectivity index (χ2v) is 5.96. The van der Waals surface area contributed by atoms with Crippen LogP contribution >= 0.6 is 0 Å². The van der Waals surface area contributed by atoms with Gasteiger partial charge in [-0.3, -0.25) is 28.8 Å². The monoisotopic (exact) mass is 370 g/mol. The van der Waals surface area contributed by atoms with E-state index in [1.165, 1.54) is 13.8 Å². The van der Waals surface area contributed by atoms with E-state index in [0.29, 0.717) is 0 Å². The minimum Gasteiger partial charge on any atom is -0.454 e. The van der Waals surface area contributed by atoms with Crippen LogP contribution in [0.2, 0.25) is 0 Å². The molecule has 2 unspecified atom stereocenters. The van der Waals surface area contributed by atoms with Gasteiger partial charge in [0, 0.05) is 0 Å². The number of ketones is 4. The lowest BCUT2D eigenvalue weighted by molar-refractivity contribution is -0.160. The number of esters is 2. The normalized spacial score (nSPS) is 12.6. The van der Waals surface area contributed by atoms with Gasteiger partial charge >= 0.3 is 11.9 Å². The van der Waals surface area contributed by atoms with Gasteiger partial charge in [0.2, 0.25) is 0 Å². The van der Waals surface area contributed by atoms with Gasteiger partial charge in [-0.15, -0.1) is 0 Å². The van der Waals surface area contributed by atoms with Gasteiger partial charge in [0.25, 0.3) is 0 Å². The van der Waals surface area contributed by atoms with E-state index in [2.05, 4.69) is 0 Å². The van der Waals surface area contributed by atoms with E-state index in [9.17, 15) is 28.8 Å². The van der Waals surface area contributed by atoms with E-state index >= 15 is 0 Å². The molecule has 0 heterocycles. The first kappa shape index (κ1) is 23.6. The minimum absolute atomic E-state index is 0.222. The van der Waals surface area contributed by atoms with Crippen LogP contribution in [-0.4, -0.2) is 47.3 Å². The molecule has 0 spiro atoms. The topological polar surface area (TPSA) is 121 Å². The molecule has 0 aromatic carbocycles. The maximum absolute atomic E-state index is 11.8. The molecule has 0 saturated heterocycles. The van der Waals surface area contributed by atoms with Crippen LogP contribution in [0, 0.1) is 0 Å². The van der Waals surface area contributed by atoms with Crippen molar-refractivity contribution in [3.63, 3.8) is 0 Å². The summed E-state index contributed by atoms with van der Waals surface area (Å²) < 4.78 is 9.97. The highest BCUT2D eigenvalue weighted by Crippen LogP contribution is 2.09. The molecule has 0 rings (SSSR count). The maximum Gasteiger partial charge on any atom is 0.307 e. The molecule has 0 aromatic heterocycles. The van der Waals surface area contributed by atoms with E-state index in [1.54, 1.807) is 13.8 Å². The van der Waals surface area contributed by atoms with Gasteiger partial charge in [-0.25, -0.2) is 0 Å². The number of carbonyl (C=O) groups excluding carboxylic acids is 6. The average molecular weight is 370 g/mol. The molecule has 0 aliphatic rings. The molecule has 8 heteroatoms. The Bertz CT molecular complexity index is 514. The molecule has 0 fully saturated rings. The second kappa shape index (κ2) is 12.1. The van der Waals surface area contributed by atoms with E-state index in [1.807, 2.05) is 0 Å². The van der Waals surface area contributed by atoms with Gasteiger partial charge in [0.15, 0.2) is 23.8 Å². The van der Waals surface area contributed by atoms with Gasteiger partial charge in [-0.05, 0) is 26.7 Å². The summed E-state index contributed by atoms with van der Waals surface area (Å²) in [5.41, 5.74) is 0. The van der Waals surface area contributed by atoms with Crippen LogP contribution in [0.5, 0.6) is 0 Å². The number of ether oxygens (including phenoxy) is 2. The smallest absolute Gasteiger partial charge is 0.307 e. The van der Waals surface area contributed by atoms with Crippen LogP contribution in [0.4, 0.5) is 0 Å². The van der Waals surface area contributed by atoms with E-state index < -0.39 is 35.7 Å². The fraction of sp³-hybridized carbons (Fsp3) is 0.667. The highest BCUT2D eigenvalue weighted by atomic mass is 16.6. The Morgan fingerprint density at radius 3 is 1.19 bits per heavy atom. The van der Waals surface area contributed by atoms with E-state index in [-0.39, 0.29) is 50.1 Å². The van der Waals surface area contributed by atoms with Crippen molar-refractivity contribution in [3.05, 3.63) is 0 Å². The van der Waals surface area contributed by atoms with Crippen molar-refractivity contribution in [2.45, 2.75) is 78.4 Å². The van der Waals surface area contributed by atoms with Gasteiger partial charge < -0.3 is 9.47 Å². The zero-order valence-corrected chi connectivity index (χ0v) is 15.7. The summed E-state index contributed by atoms with van der Waals surface area (Å²) in [6.45, 7) is 5.80. The van der Waals surface area contributed by atoms with Crippen molar-refractivity contribution in [1.82, 2.24) is 0 Å². The highest BCUT2D eigenvalue weighted by molar-refractivity contribution is 6.01. The highest BCUT2D eigenvalue weighted by Gasteiger charge is 2.24. The van der Waals surface area contributed by atoms with Crippen molar-refractivity contribution < 1.29 is 38.2 Å². The molecular weight excluding hydrogens is 344 g/mol. The Morgan fingerprint density at radius 2 is 0.962 bits per heavy atom. The lowest BCUT2D eigenvalue weighted by Gasteiger charge is -2.16. The molecule has 0 bridgehead atoms. The molecule has 2 atom stereocenters. The molecule has 8 nitrogen and oxygen atoms in total. The number of Topliss-reactive ketones (excluding diaryl/α,β-unsaturated/α-hetero) is 4. The molecule has 0 N–H and O–H groups in total. The van der Waals surface area contributed by atoms with Gasteiger partial charge in [-0.1, -0.05) is 13.8 Å². The molecule has 0 radical (unpaired) electrons. The first-order chi connectivity index (χ1) is 12.1. The van der Waals surface area contributed by atoms with Crippen LogP contribution in [-0.2, 0) is 38.2 Å². The van der Waals surface area contributed by atoms with Gasteiger partial charge in [-0.2, -0.15) is 0 Å². The molecule has 26 heavy (non-hydrogen) atoms. The summed E-state index contributed by atoms with van der Waals surface area (Å²) in [4.78, 5) is 68.9. The van der Waals surface area contributed by atoms with Crippen molar-refractivity contribution in [3.8, 4) is 0 Å². The van der Waals surface area contributed by atoms with Crippen molar-refractivity contribution in [2.75, 3.05) is 0 Å². The number of hydrogen-bond acceptors (Lipinski definition) is 8. The number of rotatable bonds is 13. The van der Waals surface area contributed by atoms with Crippen molar-refractivity contribution in [2.24, 2.45) is 0 Å². The van der Waals surface area contributed by atoms with Crippen LogP contribution in [0.15, 0.2) is 0 Å². The summed E-state index contributed by atoms with van der Waals surface area (Å²) in [7, 11) is 0. The molecular formula is C18H26O8. The first-order valence-corrected chi connectivity index (χ1v) is 8.53. The number of hydrogen-bond donors (Lipinski definition) is 0. The molecule has 0 aliphatic heterocycles. The zero-order valence-electron chi connectivity index (χ0n) is 15.7. The quantitative estimate of drug-likeness (QED) is 0.353.